The molecule has 3 rings (SSSR count). The minimum absolute atomic E-state index is 0.234. The molecule has 0 aliphatic heterocycles. The molecule has 1 aromatic rings. The van der Waals surface area contributed by atoms with E-state index in [0.717, 1.165) is 31.4 Å². The van der Waals surface area contributed by atoms with Crippen molar-refractivity contribution in [2.24, 2.45) is 5.41 Å². The molecule has 1 fully saturated rings. The van der Waals surface area contributed by atoms with Crippen molar-refractivity contribution in [3.8, 4) is 6.07 Å². The molecule has 1 saturated carbocycles. The smallest absolute Gasteiger partial charge is 0.0807 e. The number of hydrogen-bond donors (Lipinski definition) is 1. The van der Waals surface area contributed by atoms with E-state index in [0.29, 0.717) is 6.42 Å². The molecule has 1 aromatic heterocycles. The number of rotatable bonds is 3. The molecule has 18 heavy (non-hydrogen) atoms. The van der Waals surface area contributed by atoms with Gasteiger partial charge in [-0.25, -0.2) is 0 Å². The van der Waals surface area contributed by atoms with E-state index in [1.807, 2.05) is 0 Å². The van der Waals surface area contributed by atoms with Gasteiger partial charge in [0.1, 0.15) is 0 Å². The third-order valence-electron chi connectivity index (χ3n) is 4.46. The first kappa shape index (κ1) is 11.8. The number of hydrogen-bond acceptors (Lipinski definition) is 2. The van der Waals surface area contributed by atoms with Crippen molar-refractivity contribution in [1.82, 2.24) is 4.57 Å². The summed E-state index contributed by atoms with van der Waals surface area (Å²) in [4.78, 5) is 0. The second-order valence-electron chi connectivity index (χ2n) is 6.01. The van der Waals surface area contributed by atoms with Gasteiger partial charge in [0.25, 0.3) is 0 Å². The van der Waals surface area contributed by atoms with Crippen LogP contribution in [0.15, 0.2) is 12.4 Å². The molecule has 0 aromatic carbocycles. The van der Waals surface area contributed by atoms with E-state index < -0.39 is 0 Å². The van der Waals surface area contributed by atoms with Gasteiger partial charge >= 0.3 is 0 Å². The van der Waals surface area contributed by atoms with Crippen molar-refractivity contribution in [2.45, 2.75) is 57.6 Å². The van der Waals surface area contributed by atoms with Crippen molar-refractivity contribution in [3.05, 3.63) is 23.5 Å². The van der Waals surface area contributed by atoms with E-state index >= 15 is 0 Å². The second-order valence-corrected chi connectivity index (χ2v) is 6.01. The summed E-state index contributed by atoms with van der Waals surface area (Å²) < 4.78 is 2.21. The fourth-order valence-corrected chi connectivity index (χ4v) is 3.10. The fraction of sp³-hybridized carbons (Fsp3) is 0.667. The molecule has 1 atom stereocenters. The fourth-order valence-electron chi connectivity index (χ4n) is 3.10. The van der Waals surface area contributed by atoms with Crippen LogP contribution >= 0.6 is 0 Å². The summed E-state index contributed by atoms with van der Waals surface area (Å²) in [6.45, 7) is 0.945. The Kier molecular flexibility index (Phi) is 2.91. The largest absolute Gasteiger partial charge is 0.388 e. The van der Waals surface area contributed by atoms with Gasteiger partial charge in [0, 0.05) is 36.3 Å². The van der Waals surface area contributed by atoms with E-state index in [2.05, 4.69) is 23.0 Å². The third kappa shape index (κ3) is 2.18. The van der Waals surface area contributed by atoms with Crippen LogP contribution in [0, 0.1) is 16.7 Å². The van der Waals surface area contributed by atoms with Crippen molar-refractivity contribution in [1.29, 1.82) is 5.26 Å². The quantitative estimate of drug-likeness (QED) is 0.831. The van der Waals surface area contributed by atoms with Crippen molar-refractivity contribution >= 4 is 0 Å². The number of aromatic nitrogens is 1. The number of nitrogens with zero attached hydrogens (tertiary/aromatic N) is 2. The van der Waals surface area contributed by atoms with Gasteiger partial charge in [0.2, 0.25) is 0 Å². The van der Waals surface area contributed by atoms with Gasteiger partial charge in [-0.1, -0.05) is 6.42 Å². The highest BCUT2D eigenvalue weighted by atomic mass is 16.3. The van der Waals surface area contributed by atoms with Gasteiger partial charge in [0.15, 0.2) is 0 Å². The van der Waals surface area contributed by atoms with Gasteiger partial charge < -0.3 is 9.67 Å². The standard InChI is InChI=1S/C15H20N2O/c16-8-7-15(5-6-15)11-17-9-12-3-1-2-4-14(18)13(12)10-17/h9-10,14,18H,1-7,11H2. The predicted molar refractivity (Wildman–Crippen MR) is 68.8 cm³/mol. The van der Waals surface area contributed by atoms with Crippen LogP contribution in [0.4, 0.5) is 0 Å². The number of aliphatic hydroxyl groups is 1. The molecule has 0 bridgehead atoms. The van der Waals surface area contributed by atoms with Crippen molar-refractivity contribution in [2.75, 3.05) is 0 Å². The molecule has 3 nitrogen and oxygen atoms in total. The van der Waals surface area contributed by atoms with Crippen LogP contribution in [0.25, 0.3) is 0 Å². The second kappa shape index (κ2) is 4.44. The summed E-state index contributed by atoms with van der Waals surface area (Å²) in [5.74, 6) is 0. The topological polar surface area (TPSA) is 49.0 Å². The lowest BCUT2D eigenvalue weighted by atomic mass is 10.0. The highest BCUT2D eigenvalue weighted by molar-refractivity contribution is 5.28. The maximum atomic E-state index is 10.1. The molecular formula is C15H20N2O. The Hall–Kier alpha value is -1.27. The SMILES string of the molecule is N#CCC1(Cn2cc3c(c2)C(O)CCCC3)CC1. The van der Waals surface area contributed by atoms with E-state index in [-0.39, 0.29) is 11.5 Å². The number of aliphatic hydroxyl groups excluding tert-OH is 1. The molecule has 3 heteroatoms. The Morgan fingerprint density at radius 1 is 1.39 bits per heavy atom. The first-order valence-corrected chi connectivity index (χ1v) is 6.96. The van der Waals surface area contributed by atoms with Crippen molar-refractivity contribution < 1.29 is 5.11 Å². The molecule has 0 radical (unpaired) electrons. The van der Waals surface area contributed by atoms with Crippen LogP contribution in [-0.2, 0) is 13.0 Å². The zero-order valence-electron chi connectivity index (χ0n) is 10.7. The summed E-state index contributed by atoms with van der Waals surface area (Å²) in [6, 6.07) is 2.31. The first-order chi connectivity index (χ1) is 8.72. The minimum Gasteiger partial charge on any atom is -0.388 e. The molecule has 2 aliphatic carbocycles. The van der Waals surface area contributed by atoms with Crippen LogP contribution in [0.3, 0.4) is 0 Å². The Morgan fingerprint density at radius 3 is 2.94 bits per heavy atom. The predicted octanol–water partition coefficient (Wildman–Crippen LogP) is 2.94. The Balaban J connectivity index is 1.79. The van der Waals surface area contributed by atoms with Crippen LogP contribution < -0.4 is 0 Å². The molecule has 1 unspecified atom stereocenters. The maximum Gasteiger partial charge on any atom is 0.0807 e. The van der Waals surface area contributed by atoms with Crippen LogP contribution in [0.5, 0.6) is 0 Å². The zero-order chi connectivity index (χ0) is 12.6. The van der Waals surface area contributed by atoms with Gasteiger partial charge in [-0.15, -0.1) is 0 Å². The highest BCUT2D eigenvalue weighted by Gasteiger charge is 2.42. The summed E-state index contributed by atoms with van der Waals surface area (Å²) in [7, 11) is 0. The maximum absolute atomic E-state index is 10.1. The van der Waals surface area contributed by atoms with E-state index in [9.17, 15) is 5.11 Å². The third-order valence-corrected chi connectivity index (χ3v) is 4.46. The highest BCUT2D eigenvalue weighted by Crippen LogP contribution is 2.50. The molecule has 1 heterocycles. The zero-order valence-corrected chi connectivity index (χ0v) is 10.7. The number of aryl methyl sites for hydroxylation is 1. The molecule has 0 saturated heterocycles. The lowest BCUT2D eigenvalue weighted by Gasteiger charge is -2.12. The number of nitriles is 1. The molecular weight excluding hydrogens is 224 g/mol. The Bertz CT molecular complexity index is 479. The van der Waals surface area contributed by atoms with Gasteiger partial charge in [-0.2, -0.15) is 5.26 Å². The minimum atomic E-state index is -0.283. The molecule has 2 aliphatic rings. The lowest BCUT2D eigenvalue weighted by molar-refractivity contribution is 0.166. The van der Waals surface area contributed by atoms with Crippen LogP contribution in [-0.4, -0.2) is 9.67 Å². The molecule has 0 amide bonds. The Labute approximate surface area is 108 Å². The van der Waals surface area contributed by atoms with Crippen LogP contribution in [0.2, 0.25) is 0 Å². The average molecular weight is 244 g/mol. The summed E-state index contributed by atoms with van der Waals surface area (Å²) in [6.07, 6.45) is 11.3. The first-order valence-electron chi connectivity index (χ1n) is 6.96. The molecule has 0 spiro atoms. The van der Waals surface area contributed by atoms with Gasteiger partial charge in [-0.3, -0.25) is 0 Å². The van der Waals surface area contributed by atoms with E-state index in [4.69, 9.17) is 5.26 Å². The Morgan fingerprint density at radius 2 is 2.22 bits per heavy atom. The van der Waals surface area contributed by atoms with Gasteiger partial charge in [-0.05, 0) is 37.7 Å². The summed E-state index contributed by atoms with van der Waals surface area (Å²) >= 11 is 0. The average Bonchev–Trinajstić information content (AvgIpc) is 3.01. The normalized spacial score (nSPS) is 25.0. The summed E-state index contributed by atoms with van der Waals surface area (Å²) in [5.41, 5.74) is 2.67. The lowest BCUT2D eigenvalue weighted by Crippen LogP contribution is -2.09. The van der Waals surface area contributed by atoms with Crippen LogP contribution in [0.1, 0.15) is 55.8 Å². The van der Waals surface area contributed by atoms with E-state index in [1.54, 1.807) is 0 Å². The summed E-state index contributed by atoms with van der Waals surface area (Å²) in [5, 5.41) is 19.0. The van der Waals surface area contributed by atoms with Crippen molar-refractivity contribution in [3.63, 3.8) is 0 Å². The molecule has 1 N–H and O–H groups in total. The monoisotopic (exact) mass is 244 g/mol. The van der Waals surface area contributed by atoms with E-state index in [1.165, 1.54) is 24.8 Å². The van der Waals surface area contributed by atoms with Gasteiger partial charge in [0.05, 0.1) is 12.2 Å². The number of fused-ring (bicyclic) bond motifs is 1. The molecule has 96 valence electrons.